The van der Waals surface area contributed by atoms with Crippen LogP contribution in [-0.2, 0) is 6.42 Å². The number of rotatable bonds is 9. The first-order valence-corrected chi connectivity index (χ1v) is 9.65. The van der Waals surface area contributed by atoms with Crippen molar-refractivity contribution in [2.24, 2.45) is 0 Å². The minimum Gasteiger partial charge on any atom is -0.490 e. The lowest BCUT2D eigenvalue weighted by Gasteiger charge is -2.12. The lowest BCUT2D eigenvalue weighted by molar-refractivity contribution is 0.252. The molecule has 0 fully saturated rings. The van der Waals surface area contributed by atoms with Crippen molar-refractivity contribution in [3.8, 4) is 22.8 Å². The summed E-state index contributed by atoms with van der Waals surface area (Å²) >= 11 is 0. The molecule has 0 aliphatic carbocycles. The molecule has 1 heterocycles. The predicted octanol–water partition coefficient (Wildman–Crippen LogP) is 4.50. The third-order valence-corrected chi connectivity index (χ3v) is 4.12. The summed E-state index contributed by atoms with van der Waals surface area (Å²) in [4.78, 5) is 12.1. The van der Waals surface area contributed by atoms with Gasteiger partial charge in [0.05, 0.1) is 13.2 Å². The Kier molecular flexibility index (Phi) is 7.10. The maximum Gasteiger partial charge on any atom is 0.320 e. The van der Waals surface area contributed by atoms with Gasteiger partial charge in [0.25, 0.3) is 0 Å². The summed E-state index contributed by atoms with van der Waals surface area (Å²) in [5.74, 6) is 2.40. The van der Waals surface area contributed by atoms with Crippen molar-refractivity contribution in [2.45, 2.75) is 20.3 Å². The van der Waals surface area contributed by atoms with Gasteiger partial charge >= 0.3 is 6.03 Å². The zero-order chi connectivity index (χ0) is 20.5. The molecule has 0 saturated heterocycles. The number of hydrogen-bond acceptors (Lipinski definition) is 5. The molecule has 2 N–H and O–H groups in total. The zero-order valence-corrected chi connectivity index (χ0v) is 16.6. The second kappa shape index (κ2) is 10.2. The third-order valence-electron chi connectivity index (χ3n) is 4.12. The molecule has 2 aromatic carbocycles. The van der Waals surface area contributed by atoms with Gasteiger partial charge in [0.1, 0.15) is 0 Å². The van der Waals surface area contributed by atoms with E-state index in [2.05, 4.69) is 15.8 Å². The smallest absolute Gasteiger partial charge is 0.320 e. The molecule has 0 radical (unpaired) electrons. The standard InChI is InChI=1S/C22H25N3O4/c1-3-27-18-11-10-16(14-20(18)28-4-2)12-13-23-22(26)24-21-15-19(29-25-21)17-8-6-5-7-9-17/h5-11,14-15H,3-4,12-13H2,1-2H3,(H2,23,24,25,26). The van der Waals surface area contributed by atoms with Crippen LogP contribution in [0.2, 0.25) is 0 Å². The highest BCUT2D eigenvalue weighted by Crippen LogP contribution is 2.28. The maximum absolute atomic E-state index is 12.1. The van der Waals surface area contributed by atoms with Gasteiger partial charge in [0.15, 0.2) is 23.1 Å². The highest BCUT2D eigenvalue weighted by molar-refractivity contribution is 5.88. The largest absolute Gasteiger partial charge is 0.490 e. The summed E-state index contributed by atoms with van der Waals surface area (Å²) in [6.45, 7) is 5.47. The quantitative estimate of drug-likeness (QED) is 0.557. The normalized spacial score (nSPS) is 10.4. The molecule has 0 aliphatic heterocycles. The Hall–Kier alpha value is -3.48. The van der Waals surface area contributed by atoms with Gasteiger partial charge in [-0.15, -0.1) is 0 Å². The fourth-order valence-corrected chi connectivity index (χ4v) is 2.80. The Labute approximate surface area is 170 Å². The van der Waals surface area contributed by atoms with Crippen LogP contribution in [0.1, 0.15) is 19.4 Å². The van der Waals surface area contributed by atoms with Crippen LogP contribution >= 0.6 is 0 Å². The number of amides is 2. The number of benzene rings is 2. The van der Waals surface area contributed by atoms with E-state index in [0.717, 1.165) is 16.9 Å². The van der Waals surface area contributed by atoms with Crippen LogP contribution in [-0.4, -0.2) is 30.9 Å². The van der Waals surface area contributed by atoms with Gasteiger partial charge in [0.2, 0.25) is 0 Å². The van der Waals surface area contributed by atoms with Crippen LogP contribution in [0, 0.1) is 0 Å². The van der Waals surface area contributed by atoms with E-state index in [0.29, 0.717) is 43.5 Å². The number of aromatic nitrogens is 1. The van der Waals surface area contributed by atoms with E-state index in [1.165, 1.54) is 0 Å². The van der Waals surface area contributed by atoms with Gasteiger partial charge in [-0.3, -0.25) is 5.32 Å². The Morgan fingerprint density at radius 2 is 1.76 bits per heavy atom. The lowest BCUT2D eigenvalue weighted by atomic mass is 10.1. The maximum atomic E-state index is 12.1. The fraction of sp³-hybridized carbons (Fsp3) is 0.273. The van der Waals surface area contributed by atoms with Crippen LogP contribution in [0.5, 0.6) is 11.5 Å². The molecule has 3 aromatic rings. The number of anilines is 1. The molecule has 1 aromatic heterocycles. The van der Waals surface area contributed by atoms with Crippen LogP contribution in [0.4, 0.5) is 10.6 Å². The van der Waals surface area contributed by atoms with Crippen molar-refractivity contribution in [3.05, 3.63) is 60.2 Å². The van der Waals surface area contributed by atoms with Gasteiger partial charge in [-0.25, -0.2) is 4.79 Å². The minimum atomic E-state index is -0.339. The highest BCUT2D eigenvalue weighted by Gasteiger charge is 2.10. The van der Waals surface area contributed by atoms with Gasteiger partial charge in [-0.1, -0.05) is 41.6 Å². The summed E-state index contributed by atoms with van der Waals surface area (Å²) in [5.41, 5.74) is 1.94. The van der Waals surface area contributed by atoms with Crippen LogP contribution in [0.3, 0.4) is 0 Å². The van der Waals surface area contributed by atoms with Gasteiger partial charge < -0.3 is 19.3 Å². The number of nitrogens with zero attached hydrogens (tertiary/aromatic N) is 1. The minimum absolute atomic E-state index is 0.339. The molecule has 0 saturated carbocycles. The Balaban J connectivity index is 1.50. The Bertz CT molecular complexity index is 925. The summed E-state index contributed by atoms with van der Waals surface area (Å²) in [7, 11) is 0. The fourth-order valence-electron chi connectivity index (χ4n) is 2.80. The monoisotopic (exact) mass is 395 g/mol. The van der Waals surface area contributed by atoms with E-state index >= 15 is 0 Å². The summed E-state index contributed by atoms with van der Waals surface area (Å²) in [5, 5.41) is 9.37. The number of carbonyl (C=O) groups is 1. The van der Waals surface area contributed by atoms with Crippen molar-refractivity contribution >= 4 is 11.8 Å². The number of carbonyl (C=O) groups excluding carboxylic acids is 1. The second-order valence-electron chi connectivity index (χ2n) is 6.22. The molecule has 0 atom stereocenters. The van der Waals surface area contributed by atoms with E-state index in [9.17, 15) is 4.79 Å². The van der Waals surface area contributed by atoms with Gasteiger partial charge in [0, 0.05) is 18.2 Å². The first-order valence-electron chi connectivity index (χ1n) is 9.65. The van der Waals surface area contributed by atoms with Crippen molar-refractivity contribution < 1.29 is 18.8 Å². The third kappa shape index (κ3) is 5.75. The lowest BCUT2D eigenvalue weighted by Crippen LogP contribution is -2.30. The van der Waals surface area contributed by atoms with Crippen LogP contribution < -0.4 is 20.1 Å². The van der Waals surface area contributed by atoms with Crippen LogP contribution in [0.25, 0.3) is 11.3 Å². The van der Waals surface area contributed by atoms with Crippen molar-refractivity contribution in [3.63, 3.8) is 0 Å². The van der Waals surface area contributed by atoms with E-state index in [4.69, 9.17) is 14.0 Å². The molecule has 7 nitrogen and oxygen atoms in total. The summed E-state index contributed by atoms with van der Waals surface area (Å²) in [6, 6.07) is 16.7. The predicted molar refractivity (Wildman–Crippen MR) is 111 cm³/mol. The number of urea groups is 1. The molecule has 0 unspecified atom stereocenters. The molecule has 29 heavy (non-hydrogen) atoms. The van der Waals surface area contributed by atoms with E-state index in [1.54, 1.807) is 6.07 Å². The molecule has 7 heteroatoms. The first kappa shape index (κ1) is 20.3. The Morgan fingerprint density at radius 3 is 2.52 bits per heavy atom. The molecule has 152 valence electrons. The topological polar surface area (TPSA) is 85.6 Å². The van der Waals surface area contributed by atoms with Crippen molar-refractivity contribution in [2.75, 3.05) is 25.1 Å². The van der Waals surface area contributed by atoms with E-state index in [1.807, 2.05) is 62.4 Å². The first-order chi connectivity index (χ1) is 14.2. The average Bonchev–Trinajstić information content (AvgIpc) is 3.19. The SMILES string of the molecule is CCOc1ccc(CCNC(=O)Nc2cc(-c3ccccc3)on2)cc1OCC. The molecule has 0 bridgehead atoms. The number of hydrogen-bond donors (Lipinski definition) is 2. The molecule has 0 spiro atoms. The molecular formula is C22H25N3O4. The van der Waals surface area contributed by atoms with Crippen LogP contribution in [0.15, 0.2) is 59.1 Å². The highest BCUT2D eigenvalue weighted by atomic mass is 16.5. The molecule has 2 amide bonds. The summed E-state index contributed by atoms with van der Waals surface area (Å²) < 4.78 is 16.5. The Morgan fingerprint density at radius 1 is 1.00 bits per heavy atom. The second-order valence-corrected chi connectivity index (χ2v) is 6.22. The molecular weight excluding hydrogens is 370 g/mol. The number of ether oxygens (including phenoxy) is 2. The number of nitrogens with one attached hydrogen (secondary N) is 2. The van der Waals surface area contributed by atoms with Crippen molar-refractivity contribution in [1.29, 1.82) is 0 Å². The van der Waals surface area contributed by atoms with Gasteiger partial charge in [-0.2, -0.15) is 0 Å². The van der Waals surface area contributed by atoms with Gasteiger partial charge in [-0.05, 0) is 38.0 Å². The molecule has 3 rings (SSSR count). The average molecular weight is 395 g/mol. The van der Waals surface area contributed by atoms with Crippen molar-refractivity contribution in [1.82, 2.24) is 10.5 Å². The summed E-state index contributed by atoms with van der Waals surface area (Å²) in [6.07, 6.45) is 0.661. The van der Waals surface area contributed by atoms with E-state index < -0.39 is 0 Å². The zero-order valence-electron chi connectivity index (χ0n) is 16.6. The van der Waals surface area contributed by atoms with E-state index in [-0.39, 0.29) is 6.03 Å². The molecule has 0 aliphatic rings.